The maximum Gasteiger partial charge on any atom is 0.459 e. The van der Waals surface area contributed by atoms with Gasteiger partial charge in [0.2, 0.25) is 0 Å². The Morgan fingerprint density at radius 2 is 2.05 bits per heavy atom. The second-order valence-electron chi connectivity index (χ2n) is 9.47. The van der Waals surface area contributed by atoms with Crippen LogP contribution in [0.25, 0.3) is 11.2 Å². The highest BCUT2D eigenvalue weighted by Gasteiger charge is 2.53. The molecule has 13 nitrogen and oxygen atoms in total. The zero-order valence-corrected chi connectivity index (χ0v) is 22.6. The van der Waals surface area contributed by atoms with Gasteiger partial charge in [-0.3, -0.25) is 9.32 Å². The van der Waals surface area contributed by atoms with Crippen molar-refractivity contribution in [2.45, 2.75) is 51.5 Å². The summed E-state index contributed by atoms with van der Waals surface area (Å²) in [6.45, 7) is 8.36. The van der Waals surface area contributed by atoms with Crippen LogP contribution in [0.5, 0.6) is 5.75 Å². The summed E-state index contributed by atoms with van der Waals surface area (Å²) in [5.41, 5.74) is 5.31. The lowest BCUT2D eigenvalue weighted by Crippen LogP contribution is -2.39. The number of nitrogen functional groups attached to an aromatic ring is 1. The SMILES string of the molecule is C=C1[C@@H](n2cnc3c(N)ncnc32)C[C@H](O)[C@@]1(C#N)COP(=O)(NC(C)C(=O)OC(C)C)Oc1ccccc1. The van der Waals surface area contributed by atoms with Crippen molar-refractivity contribution in [3.63, 3.8) is 0 Å². The van der Waals surface area contributed by atoms with E-state index in [1.807, 2.05) is 0 Å². The first kappa shape index (κ1) is 28.2. The van der Waals surface area contributed by atoms with Crippen LogP contribution in [-0.4, -0.2) is 55.5 Å². The molecule has 2 heterocycles. The summed E-state index contributed by atoms with van der Waals surface area (Å²) in [5.74, 6) is -0.276. The van der Waals surface area contributed by atoms with Crippen LogP contribution in [0.1, 0.15) is 33.2 Å². The molecular formula is C25H30N7O6P. The largest absolute Gasteiger partial charge is 0.462 e. The molecule has 1 fully saturated rings. The Morgan fingerprint density at radius 1 is 1.33 bits per heavy atom. The summed E-state index contributed by atoms with van der Waals surface area (Å²) in [6.07, 6.45) is 1.22. The van der Waals surface area contributed by atoms with Crippen LogP contribution in [0.15, 0.2) is 55.1 Å². The molecule has 14 heteroatoms. The fourth-order valence-corrected chi connectivity index (χ4v) is 5.87. The maximum absolute atomic E-state index is 13.9. The minimum Gasteiger partial charge on any atom is -0.462 e. The third-order valence-electron chi connectivity index (χ3n) is 6.40. The van der Waals surface area contributed by atoms with E-state index < -0.39 is 50.0 Å². The molecule has 1 aliphatic rings. The molecule has 0 bridgehead atoms. The molecule has 3 aromatic rings. The number of carbonyl (C=O) groups excluding carboxylic acids is 1. The van der Waals surface area contributed by atoms with E-state index >= 15 is 0 Å². The molecule has 0 aliphatic heterocycles. The van der Waals surface area contributed by atoms with Gasteiger partial charge in [0, 0.05) is 0 Å². The lowest BCUT2D eigenvalue weighted by molar-refractivity contribution is -0.149. The second-order valence-corrected chi connectivity index (χ2v) is 11.2. The van der Waals surface area contributed by atoms with Gasteiger partial charge in [-0.2, -0.15) is 10.3 Å². The van der Waals surface area contributed by atoms with Crippen molar-refractivity contribution in [2.75, 3.05) is 12.3 Å². The molecule has 0 spiro atoms. The number of para-hydroxylation sites is 1. The number of nitrogens with one attached hydrogen (secondary N) is 1. The molecule has 4 rings (SSSR count). The molecule has 206 valence electrons. The average molecular weight is 556 g/mol. The molecule has 5 atom stereocenters. The van der Waals surface area contributed by atoms with Gasteiger partial charge in [-0.05, 0) is 44.9 Å². The van der Waals surface area contributed by atoms with Crippen molar-refractivity contribution in [1.82, 2.24) is 24.6 Å². The molecular weight excluding hydrogens is 525 g/mol. The molecule has 2 unspecified atom stereocenters. The number of esters is 1. The normalized spacial score (nSPS) is 23.3. The number of anilines is 1. The Bertz CT molecular complexity index is 1460. The number of aliphatic hydroxyl groups excluding tert-OH is 1. The molecule has 1 aromatic carbocycles. The quantitative estimate of drug-likeness (QED) is 0.189. The third kappa shape index (κ3) is 5.65. The topological polar surface area (TPSA) is 188 Å². The van der Waals surface area contributed by atoms with Crippen LogP contribution >= 0.6 is 7.75 Å². The van der Waals surface area contributed by atoms with E-state index in [-0.39, 0.29) is 18.0 Å². The number of carbonyl (C=O) groups is 1. The van der Waals surface area contributed by atoms with E-state index in [9.17, 15) is 19.7 Å². The number of nitrogens with zero attached hydrogens (tertiary/aromatic N) is 5. The van der Waals surface area contributed by atoms with Crippen LogP contribution in [0.4, 0.5) is 5.82 Å². The van der Waals surface area contributed by atoms with Crippen LogP contribution < -0.4 is 15.3 Å². The van der Waals surface area contributed by atoms with Gasteiger partial charge in [-0.15, -0.1) is 0 Å². The van der Waals surface area contributed by atoms with Gasteiger partial charge < -0.3 is 24.7 Å². The lowest BCUT2D eigenvalue weighted by Gasteiger charge is -2.30. The molecule has 0 saturated heterocycles. The number of nitriles is 1. The number of hydrogen-bond donors (Lipinski definition) is 3. The van der Waals surface area contributed by atoms with Crippen molar-refractivity contribution >= 4 is 30.7 Å². The van der Waals surface area contributed by atoms with Crippen molar-refractivity contribution < 1.29 is 28.3 Å². The molecule has 0 amide bonds. The summed E-state index contributed by atoms with van der Waals surface area (Å²) >= 11 is 0. The molecule has 2 aromatic heterocycles. The molecule has 1 saturated carbocycles. The number of aromatic nitrogens is 4. The molecule has 1 aliphatic carbocycles. The van der Waals surface area contributed by atoms with E-state index in [1.165, 1.54) is 19.6 Å². The Labute approximate surface area is 225 Å². The average Bonchev–Trinajstić information content (AvgIpc) is 3.42. The lowest BCUT2D eigenvalue weighted by atomic mass is 9.83. The first-order valence-electron chi connectivity index (χ1n) is 12.2. The monoisotopic (exact) mass is 555 g/mol. The number of imidazole rings is 1. The van der Waals surface area contributed by atoms with Gasteiger partial charge in [0.05, 0.1) is 37.3 Å². The van der Waals surface area contributed by atoms with E-state index in [1.54, 1.807) is 48.7 Å². The highest BCUT2D eigenvalue weighted by atomic mass is 31.2. The van der Waals surface area contributed by atoms with Crippen LogP contribution in [-0.2, 0) is 18.6 Å². The number of fused-ring (bicyclic) bond motifs is 1. The van der Waals surface area contributed by atoms with E-state index in [0.717, 1.165) is 0 Å². The van der Waals surface area contributed by atoms with E-state index in [0.29, 0.717) is 16.7 Å². The highest BCUT2D eigenvalue weighted by Crippen LogP contribution is 2.53. The van der Waals surface area contributed by atoms with Crippen LogP contribution in [0.2, 0.25) is 0 Å². The molecule has 0 radical (unpaired) electrons. The summed E-state index contributed by atoms with van der Waals surface area (Å²) in [6, 6.07) is 8.65. The highest BCUT2D eigenvalue weighted by molar-refractivity contribution is 7.52. The Balaban J connectivity index is 1.60. The van der Waals surface area contributed by atoms with E-state index in [2.05, 4.69) is 32.7 Å². The minimum absolute atomic E-state index is 0.0828. The van der Waals surface area contributed by atoms with E-state index in [4.69, 9.17) is 19.5 Å². The number of hydrogen-bond acceptors (Lipinski definition) is 11. The smallest absolute Gasteiger partial charge is 0.459 e. The second kappa shape index (κ2) is 11.1. The number of aliphatic hydroxyl groups is 1. The van der Waals surface area contributed by atoms with Crippen LogP contribution in [0, 0.1) is 16.7 Å². The van der Waals surface area contributed by atoms with Gasteiger partial charge in [0.15, 0.2) is 11.5 Å². The van der Waals surface area contributed by atoms with Gasteiger partial charge in [0.1, 0.15) is 29.1 Å². The molecule has 39 heavy (non-hydrogen) atoms. The van der Waals surface area contributed by atoms with Crippen molar-refractivity contribution in [3.8, 4) is 11.8 Å². The number of rotatable bonds is 10. The van der Waals surface area contributed by atoms with Crippen molar-refractivity contribution in [1.29, 1.82) is 5.26 Å². The van der Waals surface area contributed by atoms with Crippen molar-refractivity contribution in [3.05, 3.63) is 55.1 Å². The van der Waals surface area contributed by atoms with Gasteiger partial charge in [0.25, 0.3) is 0 Å². The first-order valence-corrected chi connectivity index (χ1v) is 13.7. The van der Waals surface area contributed by atoms with Crippen LogP contribution in [0.3, 0.4) is 0 Å². The minimum atomic E-state index is -4.29. The summed E-state index contributed by atoms with van der Waals surface area (Å²) in [5, 5.41) is 23.9. The summed E-state index contributed by atoms with van der Waals surface area (Å²) in [7, 11) is -4.29. The van der Waals surface area contributed by atoms with Gasteiger partial charge in [-0.1, -0.05) is 24.8 Å². The zero-order chi connectivity index (χ0) is 28.4. The Morgan fingerprint density at radius 3 is 2.72 bits per heavy atom. The maximum atomic E-state index is 13.9. The van der Waals surface area contributed by atoms with Gasteiger partial charge >= 0.3 is 13.7 Å². The standard InChI is InChI=1S/C25H30N7O6P/c1-15(2)37-24(34)17(4)31-39(35,38-18-8-6-5-7-9-18)36-12-25(11-26)16(3)19(10-20(25)33)32-14-30-21-22(27)28-13-29-23(21)32/h5-9,13-15,17,19-20,33H,3,10,12H2,1-2,4H3,(H,31,35)(H2,27,28,29)/t17?,19-,20-,25-,39?/m0/s1. The Kier molecular flexibility index (Phi) is 8.04. The van der Waals surface area contributed by atoms with Crippen molar-refractivity contribution in [2.24, 2.45) is 5.41 Å². The fourth-order valence-electron chi connectivity index (χ4n) is 4.33. The van der Waals surface area contributed by atoms with Gasteiger partial charge in [-0.25, -0.2) is 19.5 Å². The molecule has 4 N–H and O–H groups in total. The number of benzene rings is 1. The predicted octanol–water partition coefficient (Wildman–Crippen LogP) is 2.91. The number of ether oxygens (including phenoxy) is 1. The zero-order valence-electron chi connectivity index (χ0n) is 21.7. The first-order chi connectivity index (χ1) is 18.5. The number of nitrogens with two attached hydrogens (primary N) is 1. The Hall–Kier alpha value is -3.82. The summed E-state index contributed by atoms with van der Waals surface area (Å²) < 4.78 is 32.2. The fraction of sp³-hybridized carbons (Fsp3) is 0.400. The third-order valence-corrected chi connectivity index (χ3v) is 8.02. The predicted molar refractivity (Wildman–Crippen MR) is 141 cm³/mol. The summed E-state index contributed by atoms with van der Waals surface area (Å²) in [4.78, 5) is 24.8.